The SMILES string of the molecule is Nc1n[nH]c(-c2nc(-c3ccc(O)cc3)no2)n1. The van der Waals surface area contributed by atoms with E-state index in [-0.39, 0.29) is 17.6 Å². The summed E-state index contributed by atoms with van der Waals surface area (Å²) >= 11 is 0. The summed E-state index contributed by atoms with van der Waals surface area (Å²) in [5.41, 5.74) is 6.10. The largest absolute Gasteiger partial charge is 0.508 e. The van der Waals surface area contributed by atoms with Crippen molar-refractivity contribution >= 4 is 5.95 Å². The molecule has 0 radical (unpaired) electrons. The van der Waals surface area contributed by atoms with Crippen LogP contribution in [0.15, 0.2) is 28.8 Å². The van der Waals surface area contributed by atoms with Crippen LogP contribution in [0.25, 0.3) is 23.1 Å². The number of nitrogen functional groups attached to an aromatic ring is 1. The Morgan fingerprint density at radius 3 is 2.61 bits per heavy atom. The standard InChI is InChI=1S/C10H8N6O2/c11-10-13-8(14-15-10)9-12-7(16-18-9)5-1-3-6(17)4-2-5/h1-4,17H,(H3,11,13,14,15). The van der Waals surface area contributed by atoms with E-state index < -0.39 is 0 Å². The van der Waals surface area contributed by atoms with Crippen LogP contribution in [0, 0.1) is 0 Å². The van der Waals surface area contributed by atoms with Crippen molar-refractivity contribution < 1.29 is 9.63 Å². The van der Waals surface area contributed by atoms with Gasteiger partial charge in [-0.15, -0.1) is 5.10 Å². The Kier molecular flexibility index (Phi) is 2.19. The Bertz CT molecular complexity index is 672. The van der Waals surface area contributed by atoms with Gasteiger partial charge in [-0.05, 0) is 24.3 Å². The van der Waals surface area contributed by atoms with Gasteiger partial charge in [-0.3, -0.25) is 5.10 Å². The molecular formula is C10H8N6O2. The quantitative estimate of drug-likeness (QED) is 0.608. The molecule has 0 saturated heterocycles. The van der Waals surface area contributed by atoms with Crippen LogP contribution in [0.1, 0.15) is 0 Å². The zero-order valence-electron chi connectivity index (χ0n) is 9.03. The molecule has 0 atom stereocenters. The average Bonchev–Trinajstić information content (AvgIpc) is 2.98. The molecule has 0 amide bonds. The van der Waals surface area contributed by atoms with Gasteiger partial charge in [-0.25, -0.2) is 0 Å². The van der Waals surface area contributed by atoms with Gasteiger partial charge < -0.3 is 15.4 Å². The Morgan fingerprint density at radius 1 is 1.17 bits per heavy atom. The van der Waals surface area contributed by atoms with Crippen LogP contribution in [-0.4, -0.2) is 30.4 Å². The molecule has 8 heteroatoms. The third kappa shape index (κ3) is 1.75. The van der Waals surface area contributed by atoms with E-state index in [0.717, 1.165) is 5.56 Å². The third-order valence-corrected chi connectivity index (χ3v) is 2.26. The van der Waals surface area contributed by atoms with Crippen molar-refractivity contribution in [3.8, 4) is 28.9 Å². The smallest absolute Gasteiger partial charge is 0.295 e. The van der Waals surface area contributed by atoms with Crippen molar-refractivity contribution in [3.05, 3.63) is 24.3 Å². The molecule has 18 heavy (non-hydrogen) atoms. The Morgan fingerprint density at radius 2 is 1.94 bits per heavy atom. The second-order valence-electron chi connectivity index (χ2n) is 3.51. The molecule has 0 bridgehead atoms. The van der Waals surface area contributed by atoms with Crippen molar-refractivity contribution in [1.82, 2.24) is 25.3 Å². The van der Waals surface area contributed by atoms with Crippen LogP contribution >= 0.6 is 0 Å². The van der Waals surface area contributed by atoms with Gasteiger partial charge in [-0.1, -0.05) is 5.16 Å². The first-order valence-corrected chi connectivity index (χ1v) is 5.04. The summed E-state index contributed by atoms with van der Waals surface area (Å²) in [6.45, 7) is 0. The summed E-state index contributed by atoms with van der Waals surface area (Å²) < 4.78 is 5.04. The molecule has 2 heterocycles. The number of hydrogen-bond donors (Lipinski definition) is 3. The number of nitrogens with one attached hydrogen (secondary N) is 1. The number of H-pyrrole nitrogens is 1. The molecule has 0 spiro atoms. The zero-order valence-corrected chi connectivity index (χ0v) is 9.03. The topological polar surface area (TPSA) is 127 Å². The highest BCUT2D eigenvalue weighted by Gasteiger charge is 2.13. The normalized spacial score (nSPS) is 10.7. The van der Waals surface area contributed by atoms with Gasteiger partial charge in [0.2, 0.25) is 17.6 Å². The predicted molar refractivity (Wildman–Crippen MR) is 61.2 cm³/mol. The van der Waals surface area contributed by atoms with Gasteiger partial charge in [0.1, 0.15) is 5.75 Å². The van der Waals surface area contributed by atoms with Crippen molar-refractivity contribution in [3.63, 3.8) is 0 Å². The summed E-state index contributed by atoms with van der Waals surface area (Å²) in [5, 5.41) is 19.2. The fourth-order valence-electron chi connectivity index (χ4n) is 1.42. The van der Waals surface area contributed by atoms with Crippen molar-refractivity contribution in [2.24, 2.45) is 0 Å². The molecule has 0 unspecified atom stereocenters. The van der Waals surface area contributed by atoms with E-state index in [9.17, 15) is 5.11 Å². The molecule has 0 saturated carbocycles. The molecule has 0 fully saturated rings. The summed E-state index contributed by atoms with van der Waals surface area (Å²) in [6.07, 6.45) is 0. The number of hydrogen-bond acceptors (Lipinski definition) is 7. The van der Waals surface area contributed by atoms with Crippen molar-refractivity contribution in [2.75, 3.05) is 5.73 Å². The number of benzene rings is 1. The molecule has 3 aromatic rings. The number of nitrogens with zero attached hydrogens (tertiary/aromatic N) is 4. The lowest BCUT2D eigenvalue weighted by molar-refractivity contribution is 0.429. The Balaban J connectivity index is 1.96. The van der Waals surface area contributed by atoms with Crippen LogP contribution < -0.4 is 5.73 Å². The van der Waals surface area contributed by atoms with Crippen LogP contribution in [-0.2, 0) is 0 Å². The molecular weight excluding hydrogens is 236 g/mol. The van der Waals surface area contributed by atoms with Gasteiger partial charge in [0.25, 0.3) is 5.89 Å². The maximum atomic E-state index is 9.19. The maximum absolute atomic E-state index is 9.19. The van der Waals surface area contributed by atoms with Gasteiger partial charge in [0.05, 0.1) is 0 Å². The lowest BCUT2D eigenvalue weighted by Crippen LogP contribution is -1.85. The van der Waals surface area contributed by atoms with Crippen LogP contribution in [0.5, 0.6) is 5.75 Å². The van der Waals surface area contributed by atoms with E-state index in [2.05, 4.69) is 25.3 Å². The first-order chi connectivity index (χ1) is 8.72. The average molecular weight is 244 g/mol. The highest BCUT2D eigenvalue weighted by Crippen LogP contribution is 2.21. The lowest BCUT2D eigenvalue weighted by atomic mass is 10.2. The Hall–Kier alpha value is -2.90. The second kappa shape index (κ2) is 3.84. The van der Waals surface area contributed by atoms with E-state index in [0.29, 0.717) is 11.6 Å². The number of rotatable bonds is 2. The van der Waals surface area contributed by atoms with Crippen LogP contribution in [0.2, 0.25) is 0 Å². The molecule has 1 aromatic carbocycles. The number of aromatic hydroxyl groups is 1. The lowest BCUT2D eigenvalue weighted by Gasteiger charge is -1.93. The molecule has 3 rings (SSSR count). The predicted octanol–water partition coefficient (Wildman–Crippen LogP) is 0.809. The molecule has 0 aliphatic carbocycles. The van der Waals surface area contributed by atoms with Crippen molar-refractivity contribution in [2.45, 2.75) is 0 Å². The minimum absolute atomic E-state index is 0.106. The van der Waals surface area contributed by atoms with Crippen molar-refractivity contribution in [1.29, 1.82) is 0 Å². The van der Waals surface area contributed by atoms with Gasteiger partial charge in [0, 0.05) is 5.56 Å². The molecule has 0 aliphatic heterocycles. The minimum atomic E-state index is 0.106. The third-order valence-electron chi connectivity index (χ3n) is 2.26. The highest BCUT2D eigenvalue weighted by molar-refractivity contribution is 5.57. The van der Waals surface area contributed by atoms with E-state index >= 15 is 0 Å². The van der Waals surface area contributed by atoms with Gasteiger partial charge in [0.15, 0.2) is 0 Å². The van der Waals surface area contributed by atoms with Crippen LogP contribution in [0.3, 0.4) is 0 Å². The monoisotopic (exact) mass is 244 g/mol. The summed E-state index contributed by atoms with van der Waals surface area (Å²) in [4.78, 5) is 8.02. The van der Waals surface area contributed by atoms with Gasteiger partial charge in [-0.2, -0.15) is 9.97 Å². The summed E-state index contributed by atoms with van der Waals surface area (Å²) in [6, 6.07) is 6.44. The fraction of sp³-hybridized carbons (Fsp3) is 0. The molecule has 90 valence electrons. The first-order valence-electron chi connectivity index (χ1n) is 5.04. The van der Waals surface area contributed by atoms with E-state index in [1.807, 2.05) is 0 Å². The van der Waals surface area contributed by atoms with E-state index in [1.165, 1.54) is 12.1 Å². The van der Waals surface area contributed by atoms with Crippen LogP contribution in [0.4, 0.5) is 5.95 Å². The number of nitrogens with two attached hydrogens (primary N) is 1. The zero-order chi connectivity index (χ0) is 12.5. The molecule has 2 aromatic heterocycles. The molecule has 0 aliphatic rings. The number of aromatic amines is 1. The first kappa shape index (κ1) is 10.3. The molecule has 8 nitrogen and oxygen atoms in total. The number of phenols is 1. The number of anilines is 1. The number of aromatic nitrogens is 5. The van der Waals surface area contributed by atoms with E-state index in [4.69, 9.17) is 10.3 Å². The minimum Gasteiger partial charge on any atom is -0.508 e. The molecule has 4 N–H and O–H groups in total. The summed E-state index contributed by atoms with van der Waals surface area (Å²) in [7, 11) is 0. The fourth-order valence-corrected chi connectivity index (χ4v) is 1.42. The highest BCUT2D eigenvalue weighted by atomic mass is 16.5. The summed E-state index contributed by atoms with van der Waals surface area (Å²) in [5.74, 6) is 1.17. The van der Waals surface area contributed by atoms with E-state index in [1.54, 1.807) is 12.1 Å². The van der Waals surface area contributed by atoms with Gasteiger partial charge >= 0.3 is 0 Å². The Labute approximate surface area is 100 Å². The number of phenolic OH excluding ortho intramolecular Hbond substituents is 1. The maximum Gasteiger partial charge on any atom is 0.295 e. The second-order valence-corrected chi connectivity index (χ2v) is 3.51.